The lowest BCUT2D eigenvalue weighted by atomic mass is 10.0. The summed E-state index contributed by atoms with van der Waals surface area (Å²) in [6.45, 7) is 8.04. The van der Waals surface area contributed by atoms with E-state index >= 15 is 0 Å². The van der Waals surface area contributed by atoms with Crippen LogP contribution in [0.2, 0.25) is 0 Å². The van der Waals surface area contributed by atoms with E-state index < -0.39 is 0 Å². The van der Waals surface area contributed by atoms with Crippen molar-refractivity contribution in [3.63, 3.8) is 0 Å². The van der Waals surface area contributed by atoms with E-state index in [1.54, 1.807) is 13.3 Å². The Labute approximate surface area is 157 Å². The quantitative estimate of drug-likeness (QED) is 0.224. The summed E-state index contributed by atoms with van der Waals surface area (Å²) in [6.07, 6.45) is 10.4. The molecular formula is C19H35N5O2. The van der Waals surface area contributed by atoms with Gasteiger partial charge in [-0.2, -0.15) is 0 Å². The van der Waals surface area contributed by atoms with Crippen molar-refractivity contribution in [2.75, 3.05) is 40.0 Å². The van der Waals surface area contributed by atoms with Gasteiger partial charge in [-0.25, -0.2) is 5.84 Å². The highest BCUT2D eigenvalue weighted by molar-refractivity contribution is 5.73. The Balaban J connectivity index is 2.90. The Bertz CT molecular complexity index is 508. The summed E-state index contributed by atoms with van der Waals surface area (Å²) in [4.78, 5) is 6.74. The number of nitrogens with two attached hydrogens (primary N) is 2. The first-order chi connectivity index (χ1) is 12.6. The van der Waals surface area contributed by atoms with E-state index in [9.17, 15) is 0 Å². The molecule has 1 aliphatic heterocycles. The second-order valence-corrected chi connectivity index (χ2v) is 6.41. The van der Waals surface area contributed by atoms with Crippen molar-refractivity contribution < 1.29 is 9.47 Å². The minimum atomic E-state index is 0.602. The van der Waals surface area contributed by atoms with Crippen molar-refractivity contribution >= 4 is 6.21 Å². The van der Waals surface area contributed by atoms with Gasteiger partial charge in [0.25, 0.3) is 0 Å². The molecule has 0 aromatic carbocycles. The second-order valence-electron chi connectivity index (χ2n) is 6.41. The minimum Gasteiger partial charge on any atom is -0.402 e. The molecule has 0 aromatic rings. The van der Waals surface area contributed by atoms with E-state index in [0.29, 0.717) is 32.2 Å². The molecule has 7 nitrogen and oxygen atoms in total. The van der Waals surface area contributed by atoms with Crippen LogP contribution in [-0.2, 0) is 9.47 Å². The summed E-state index contributed by atoms with van der Waals surface area (Å²) in [7, 11) is 1.66. The number of rotatable bonds is 11. The lowest BCUT2D eigenvalue weighted by Gasteiger charge is -2.30. The predicted octanol–water partition coefficient (Wildman–Crippen LogP) is 1.89. The molecule has 148 valence electrons. The van der Waals surface area contributed by atoms with Crippen LogP contribution in [0.1, 0.15) is 33.1 Å². The third-order valence-corrected chi connectivity index (χ3v) is 4.32. The van der Waals surface area contributed by atoms with E-state index in [4.69, 9.17) is 21.1 Å². The third-order valence-electron chi connectivity index (χ3n) is 4.32. The molecular weight excluding hydrogens is 330 g/mol. The maximum absolute atomic E-state index is 5.93. The molecule has 1 saturated heterocycles. The van der Waals surface area contributed by atoms with Crippen molar-refractivity contribution in [1.29, 1.82) is 0 Å². The number of aliphatic imine (C=N–C) groups is 1. The summed E-state index contributed by atoms with van der Waals surface area (Å²) >= 11 is 0. The highest BCUT2D eigenvalue weighted by Crippen LogP contribution is 2.13. The first kappa shape index (κ1) is 22.2. The number of allylic oxidation sites excluding steroid dienone is 3. The lowest BCUT2D eigenvalue weighted by molar-refractivity contribution is 0.0503. The molecule has 1 aliphatic rings. The van der Waals surface area contributed by atoms with Gasteiger partial charge in [0.2, 0.25) is 0 Å². The third kappa shape index (κ3) is 9.03. The number of methoxy groups -OCH3 is 1. The Kier molecular flexibility index (Phi) is 11.4. The first-order valence-electron chi connectivity index (χ1n) is 9.29. The van der Waals surface area contributed by atoms with Crippen molar-refractivity contribution in [2.24, 2.45) is 22.5 Å². The van der Waals surface area contributed by atoms with E-state index in [-0.39, 0.29) is 0 Å². The number of nitrogens with one attached hydrogen (secondary N) is 1. The number of nitrogens with zero attached hydrogens (tertiary/aromatic N) is 2. The monoisotopic (exact) mass is 365 g/mol. The van der Waals surface area contributed by atoms with Gasteiger partial charge < -0.3 is 25.5 Å². The van der Waals surface area contributed by atoms with Gasteiger partial charge >= 0.3 is 0 Å². The fraction of sp³-hybridized carbons (Fsp3) is 0.632. The first-order valence-corrected chi connectivity index (χ1v) is 9.29. The topological polar surface area (TPSA) is 98.1 Å². The predicted molar refractivity (Wildman–Crippen MR) is 107 cm³/mol. The summed E-state index contributed by atoms with van der Waals surface area (Å²) in [6, 6.07) is 0. The van der Waals surface area contributed by atoms with Crippen LogP contribution >= 0.6 is 0 Å². The Morgan fingerprint density at radius 3 is 2.73 bits per heavy atom. The molecule has 0 bridgehead atoms. The van der Waals surface area contributed by atoms with Gasteiger partial charge in [-0.15, -0.1) is 0 Å². The zero-order valence-electron chi connectivity index (χ0n) is 16.4. The standard InChI is InChI=1S/C19H35N5O2/c1-4-16(2)5-6-18(22-9-7-17(20)8-12-25-3)15-19(23-21)24-10-13-26-14-11-24/h6-7,9,15-16,23H,4-5,8,10-14,20-21H2,1-3H3/b17-7?,18-6+,19-15+,22-9?. The maximum Gasteiger partial charge on any atom is 0.118 e. The fourth-order valence-corrected chi connectivity index (χ4v) is 2.33. The van der Waals surface area contributed by atoms with Crippen LogP contribution in [0.5, 0.6) is 0 Å². The van der Waals surface area contributed by atoms with Crippen molar-refractivity contribution in [3.05, 3.63) is 35.4 Å². The van der Waals surface area contributed by atoms with E-state index in [0.717, 1.165) is 43.1 Å². The van der Waals surface area contributed by atoms with Crippen molar-refractivity contribution in [1.82, 2.24) is 10.3 Å². The Morgan fingerprint density at radius 2 is 2.12 bits per heavy atom. The van der Waals surface area contributed by atoms with Gasteiger partial charge in [0.15, 0.2) is 0 Å². The number of ether oxygens (including phenoxy) is 2. The molecule has 0 saturated carbocycles. The van der Waals surface area contributed by atoms with Crippen LogP contribution in [0.15, 0.2) is 40.4 Å². The molecule has 26 heavy (non-hydrogen) atoms. The van der Waals surface area contributed by atoms with Crippen LogP contribution in [0.25, 0.3) is 0 Å². The molecule has 0 amide bonds. The fourth-order valence-electron chi connectivity index (χ4n) is 2.33. The molecule has 7 heteroatoms. The average molecular weight is 366 g/mol. The van der Waals surface area contributed by atoms with Crippen molar-refractivity contribution in [2.45, 2.75) is 33.1 Å². The molecule has 0 radical (unpaired) electrons. The molecule has 0 spiro atoms. The number of hydrogen-bond donors (Lipinski definition) is 3. The minimum absolute atomic E-state index is 0.602. The summed E-state index contributed by atoms with van der Waals surface area (Å²) in [5, 5.41) is 0. The maximum atomic E-state index is 5.93. The number of hydrazine groups is 1. The van der Waals surface area contributed by atoms with E-state index in [1.165, 1.54) is 0 Å². The Morgan fingerprint density at radius 1 is 1.38 bits per heavy atom. The normalized spacial score (nSPS) is 18.5. The molecule has 1 heterocycles. The summed E-state index contributed by atoms with van der Waals surface area (Å²) < 4.78 is 10.4. The second kappa shape index (κ2) is 13.4. The average Bonchev–Trinajstić information content (AvgIpc) is 2.68. The molecule has 1 fully saturated rings. The summed E-state index contributed by atoms with van der Waals surface area (Å²) in [5.74, 6) is 7.19. The SMILES string of the molecule is CCC(C)C/C=C(\C=C(/NN)N1CCOCC1)N=CC=C(N)CCOC. The van der Waals surface area contributed by atoms with Crippen LogP contribution in [0, 0.1) is 5.92 Å². The van der Waals surface area contributed by atoms with Gasteiger partial charge in [-0.05, 0) is 18.4 Å². The molecule has 1 unspecified atom stereocenters. The number of hydrogen-bond acceptors (Lipinski definition) is 7. The number of morpholine rings is 1. The molecule has 5 N–H and O–H groups in total. The van der Waals surface area contributed by atoms with Crippen LogP contribution < -0.4 is 17.0 Å². The molecule has 0 aliphatic carbocycles. The largest absolute Gasteiger partial charge is 0.402 e. The van der Waals surface area contributed by atoms with Gasteiger partial charge in [-0.3, -0.25) is 4.99 Å². The van der Waals surface area contributed by atoms with Crippen LogP contribution in [0.3, 0.4) is 0 Å². The zero-order chi connectivity index (χ0) is 19.2. The highest BCUT2D eigenvalue weighted by atomic mass is 16.5. The Hall–Kier alpha value is -1.83. The van der Waals surface area contributed by atoms with Crippen LogP contribution in [0.4, 0.5) is 0 Å². The molecule has 1 atom stereocenters. The highest BCUT2D eigenvalue weighted by Gasteiger charge is 2.13. The van der Waals surface area contributed by atoms with E-state index in [2.05, 4.69) is 35.2 Å². The van der Waals surface area contributed by atoms with Gasteiger partial charge in [0.1, 0.15) is 5.82 Å². The van der Waals surface area contributed by atoms with E-state index in [1.807, 2.05) is 12.2 Å². The van der Waals surface area contributed by atoms with Crippen LogP contribution in [-0.4, -0.2) is 51.1 Å². The lowest BCUT2D eigenvalue weighted by Crippen LogP contribution is -2.42. The smallest absolute Gasteiger partial charge is 0.118 e. The van der Waals surface area contributed by atoms with Gasteiger partial charge in [-0.1, -0.05) is 26.3 Å². The van der Waals surface area contributed by atoms with Gasteiger partial charge in [0.05, 0.1) is 25.5 Å². The zero-order valence-corrected chi connectivity index (χ0v) is 16.4. The van der Waals surface area contributed by atoms with Crippen molar-refractivity contribution in [3.8, 4) is 0 Å². The molecule has 0 aromatic heterocycles. The molecule has 1 rings (SSSR count). The summed E-state index contributed by atoms with van der Waals surface area (Å²) in [5.41, 5.74) is 10.3. The van der Waals surface area contributed by atoms with Gasteiger partial charge in [0, 0.05) is 44.6 Å².